The number of anilines is 1. The number of quaternary nitrogens is 1. The van der Waals surface area contributed by atoms with Crippen LogP contribution in [0.1, 0.15) is 6.42 Å². The summed E-state index contributed by atoms with van der Waals surface area (Å²) in [4.78, 5) is 42.9. The van der Waals surface area contributed by atoms with E-state index in [1.807, 2.05) is 14.1 Å². The molecule has 1 aliphatic heterocycles. The highest BCUT2D eigenvalue weighted by Gasteiger charge is 2.40. The first-order valence-corrected chi connectivity index (χ1v) is 8.02. The normalized spacial score (nSPS) is 18.6. The van der Waals surface area contributed by atoms with Crippen molar-refractivity contribution in [1.82, 2.24) is 5.32 Å². The number of rotatable bonds is 6. The number of hydrogen-bond donors (Lipinski definition) is 2. The predicted molar refractivity (Wildman–Crippen MR) is 91.6 cm³/mol. The topological polar surface area (TPSA) is 83.3 Å². The molecule has 0 aromatic heterocycles. The maximum atomic E-state index is 12.6. The molecule has 1 aromatic carbocycles. The van der Waals surface area contributed by atoms with Crippen LogP contribution in [0.25, 0.3) is 0 Å². The van der Waals surface area contributed by atoms with Crippen molar-refractivity contribution in [2.75, 3.05) is 32.1 Å². The molecule has 1 saturated heterocycles. The van der Waals surface area contributed by atoms with E-state index >= 15 is 0 Å². The molecule has 128 valence electrons. The number of barbiturate groups is 1. The van der Waals surface area contributed by atoms with Crippen molar-refractivity contribution in [3.8, 4) is 0 Å². The minimum Gasteiger partial charge on any atom is -0.340 e. The van der Waals surface area contributed by atoms with Gasteiger partial charge in [-0.1, -0.05) is 23.7 Å². The van der Waals surface area contributed by atoms with Gasteiger partial charge in [-0.3, -0.25) is 19.9 Å². The van der Waals surface area contributed by atoms with Crippen molar-refractivity contribution in [2.45, 2.75) is 6.42 Å². The van der Waals surface area contributed by atoms with Crippen LogP contribution in [0.4, 0.5) is 10.5 Å². The number of imide groups is 2. The summed E-state index contributed by atoms with van der Waals surface area (Å²) in [5.41, 5.74) is 0.240. The third-order valence-electron chi connectivity index (χ3n) is 3.51. The second-order valence-corrected chi connectivity index (χ2v) is 6.17. The van der Waals surface area contributed by atoms with E-state index in [-0.39, 0.29) is 10.7 Å². The van der Waals surface area contributed by atoms with E-state index in [0.29, 0.717) is 6.54 Å². The number of nitrogens with one attached hydrogen (secondary N) is 2. The standard InChI is InChI=1S/C16H19ClN4O3/c1-20(2)9-5-8-18-10-11-14(22)19-16(24)21(15(11)23)13-7-4-3-6-12(13)17/h3-4,6-7,10-11H,5,8-9H2,1-2H3,(H,19,22,24)/p+1. The number of carbonyl (C=O) groups is 3. The fraction of sp³-hybridized carbons (Fsp3) is 0.375. The lowest BCUT2D eigenvalue weighted by Crippen LogP contribution is -3.05. The Labute approximate surface area is 145 Å². The fourth-order valence-corrected chi connectivity index (χ4v) is 2.51. The van der Waals surface area contributed by atoms with Gasteiger partial charge in [0.2, 0.25) is 5.91 Å². The Bertz CT molecular complexity index is 675. The lowest BCUT2D eigenvalue weighted by atomic mass is 10.1. The molecule has 0 aliphatic carbocycles. The third kappa shape index (κ3) is 4.18. The summed E-state index contributed by atoms with van der Waals surface area (Å²) in [6, 6.07) is 5.66. The average molecular weight is 352 g/mol. The van der Waals surface area contributed by atoms with Gasteiger partial charge < -0.3 is 4.90 Å². The molecule has 1 aromatic rings. The number of para-hydroxylation sites is 1. The van der Waals surface area contributed by atoms with Crippen molar-refractivity contribution < 1.29 is 19.3 Å². The summed E-state index contributed by atoms with van der Waals surface area (Å²) >= 11 is 6.05. The Morgan fingerprint density at radius 3 is 2.67 bits per heavy atom. The van der Waals surface area contributed by atoms with E-state index in [1.54, 1.807) is 24.3 Å². The largest absolute Gasteiger partial charge is 0.340 e. The lowest BCUT2D eigenvalue weighted by molar-refractivity contribution is -0.858. The number of carbonyl (C=O) groups excluding carboxylic acids is 3. The Hall–Kier alpha value is -2.25. The highest BCUT2D eigenvalue weighted by Crippen LogP contribution is 2.27. The number of nitrogens with zero attached hydrogens (tertiary/aromatic N) is 2. The third-order valence-corrected chi connectivity index (χ3v) is 3.83. The maximum Gasteiger partial charge on any atom is 0.335 e. The molecule has 8 heteroatoms. The SMILES string of the molecule is C[NH+](C)CCCN=CC1C(=O)NC(=O)N(c2ccccc2Cl)C1=O. The highest BCUT2D eigenvalue weighted by molar-refractivity contribution is 6.38. The van der Waals surface area contributed by atoms with Crippen LogP contribution in [-0.2, 0) is 9.59 Å². The number of aliphatic imine (C=N–C) groups is 1. The number of urea groups is 1. The Morgan fingerprint density at radius 2 is 2.00 bits per heavy atom. The van der Waals surface area contributed by atoms with Crippen LogP contribution < -0.4 is 15.1 Å². The first kappa shape index (κ1) is 18.1. The summed E-state index contributed by atoms with van der Waals surface area (Å²) < 4.78 is 0. The predicted octanol–water partition coefficient (Wildman–Crippen LogP) is 0.144. The van der Waals surface area contributed by atoms with E-state index in [2.05, 4.69) is 10.3 Å². The lowest BCUT2D eigenvalue weighted by Gasteiger charge is -2.29. The zero-order valence-corrected chi connectivity index (χ0v) is 14.3. The molecule has 4 amide bonds. The Balaban J connectivity index is 2.14. The first-order chi connectivity index (χ1) is 11.4. The fourth-order valence-electron chi connectivity index (χ4n) is 2.29. The van der Waals surface area contributed by atoms with Crippen molar-refractivity contribution in [2.24, 2.45) is 10.9 Å². The minimum absolute atomic E-state index is 0.240. The van der Waals surface area contributed by atoms with E-state index in [4.69, 9.17) is 11.6 Å². The molecular weight excluding hydrogens is 332 g/mol. The van der Waals surface area contributed by atoms with Gasteiger partial charge >= 0.3 is 6.03 Å². The molecule has 2 N–H and O–H groups in total. The van der Waals surface area contributed by atoms with Gasteiger partial charge in [0.05, 0.1) is 31.4 Å². The van der Waals surface area contributed by atoms with Crippen LogP contribution in [0.5, 0.6) is 0 Å². The van der Waals surface area contributed by atoms with Crippen LogP contribution >= 0.6 is 11.6 Å². The summed E-state index contributed by atoms with van der Waals surface area (Å²) in [5.74, 6) is -2.46. The molecule has 24 heavy (non-hydrogen) atoms. The minimum atomic E-state index is -1.13. The second-order valence-electron chi connectivity index (χ2n) is 5.76. The Morgan fingerprint density at radius 1 is 1.29 bits per heavy atom. The molecule has 1 atom stereocenters. The summed E-state index contributed by atoms with van der Waals surface area (Å²) in [6.07, 6.45) is 2.15. The second kappa shape index (κ2) is 8.03. The van der Waals surface area contributed by atoms with Gasteiger partial charge in [0.15, 0.2) is 5.92 Å². The van der Waals surface area contributed by atoms with Gasteiger partial charge in [-0.2, -0.15) is 0 Å². The van der Waals surface area contributed by atoms with Gasteiger partial charge in [-0.25, -0.2) is 9.69 Å². The molecule has 2 rings (SSSR count). The maximum absolute atomic E-state index is 12.6. The van der Waals surface area contributed by atoms with Gasteiger partial charge in [0.25, 0.3) is 5.91 Å². The van der Waals surface area contributed by atoms with Gasteiger partial charge in [-0.15, -0.1) is 0 Å². The van der Waals surface area contributed by atoms with Crippen molar-refractivity contribution in [3.05, 3.63) is 29.3 Å². The molecule has 1 fully saturated rings. The smallest absolute Gasteiger partial charge is 0.335 e. The molecule has 0 radical (unpaired) electrons. The van der Waals surface area contributed by atoms with Crippen molar-refractivity contribution in [3.63, 3.8) is 0 Å². The van der Waals surface area contributed by atoms with E-state index in [9.17, 15) is 14.4 Å². The zero-order valence-electron chi connectivity index (χ0n) is 13.6. The number of benzene rings is 1. The zero-order chi connectivity index (χ0) is 17.7. The molecule has 1 unspecified atom stereocenters. The summed E-state index contributed by atoms with van der Waals surface area (Å²) in [6.45, 7) is 1.45. The van der Waals surface area contributed by atoms with E-state index < -0.39 is 23.8 Å². The van der Waals surface area contributed by atoms with Crippen LogP contribution in [0.3, 0.4) is 0 Å². The summed E-state index contributed by atoms with van der Waals surface area (Å²) in [7, 11) is 4.07. The van der Waals surface area contributed by atoms with E-state index in [0.717, 1.165) is 17.9 Å². The van der Waals surface area contributed by atoms with Crippen LogP contribution in [0.2, 0.25) is 5.02 Å². The first-order valence-electron chi connectivity index (χ1n) is 7.64. The van der Waals surface area contributed by atoms with Gasteiger partial charge in [0.1, 0.15) is 0 Å². The van der Waals surface area contributed by atoms with Crippen molar-refractivity contribution >= 4 is 41.3 Å². The molecule has 7 nitrogen and oxygen atoms in total. The molecule has 0 bridgehead atoms. The number of amides is 4. The van der Waals surface area contributed by atoms with Gasteiger partial charge in [0, 0.05) is 19.2 Å². The summed E-state index contributed by atoms with van der Waals surface area (Å²) in [5, 5.41) is 2.42. The number of halogens is 1. The highest BCUT2D eigenvalue weighted by atomic mass is 35.5. The Kier molecular flexibility index (Phi) is 6.05. The molecular formula is C16H20ClN4O3+. The average Bonchev–Trinajstić information content (AvgIpc) is 2.51. The van der Waals surface area contributed by atoms with Crippen LogP contribution in [0.15, 0.2) is 29.3 Å². The number of hydrogen-bond acceptors (Lipinski definition) is 4. The monoisotopic (exact) mass is 351 g/mol. The van der Waals surface area contributed by atoms with Gasteiger partial charge in [-0.05, 0) is 12.1 Å². The molecule has 1 aliphatic rings. The van der Waals surface area contributed by atoms with Crippen molar-refractivity contribution in [1.29, 1.82) is 0 Å². The molecule has 0 saturated carbocycles. The van der Waals surface area contributed by atoms with E-state index in [1.165, 1.54) is 11.1 Å². The molecule has 0 spiro atoms. The van der Waals surface area contributed by atoms with Crippen LogP contribution in [-0.4, -0.2) is 51.2 Å². The quantitative estimate of drug-likeness (QED) is 0.434. The van der Waals surface area contributed by atoms with Crippen LogP contribution in [0, 0.1) is 5.92 Å². The molecule has 1 heterocycles.